The van der Waals surface area contributed by atoms with Crippen LogP contribution in [0, 0.1) is 11.6 Å². The van der Waals surface area contributed by atoms with Crippen LogP contribution in [0.5, 0.6) is 5.75 Å². The van der Waals surface area contributed by atoms with Crippen LogP contribution >= 0.6 is 0 Å². The van der Waals surface area contributed by atoms with Crippen molar-refractivity contribution in [3.8, 4) is 5.75 Å². The van der Waals surface area contributed by atoms with Crippen LogP contribution in [-0.2, 0) is 0 Å². The summed E-state index contributed by atoms with van der Waals surface area (Å²) >= 11 is 0. The molecule has 5 nitrogen and oxygen atoms in total. The molecule has 0 saturated carbocycles. The summed E-state index contributed by atoms with van der Waals surface area (Å²) in [5, 5.41) is 6.19. The standard InChI is InChI=1S/C18H22F2N4O/c1-3-22-18(23-9-10-25-15-5-4-8-21-12-15)24-13(2)16-7-6-14(19)11-17(16)20/h4-8,11-13H,3,9-10H2,1-2H3,(H2,22,23,24). The number of rotatable bonds is 7. The van der Waals surface area contributed by atoms with Crippen molar-refractivity contribution in [1.29, 1.82) is 0 Å². The fourth-order valence-electron chi connectivity index (χ4n) is 2.21. The van der Waals surface area contributed by atoms with Gasteiger partial charge in [0.1, 0.15) is 24.0 Å². The highest BCUT2D eigenvalue weighted by Crippen LogP contribution is 2.17. The number of nitrogens with one attached hydrogen (secondary N) is 2. The second-order valence-electron chi connectivity index (χ2n) is 5.33. The van der Waals surface area contributed by atoms with Crippen LogP contribution in [0.1, 0.15) is 25.5 Å². The smallest absolute Gasteiger partial charge is 0.191 e. The molecule has 2 rings (SSSR count). The molecule has 0 spiro atoms. The van der Waals surface area contributed by atoms with E-state index in [0.29, 0.717) is 37.0 Å². The number of nitrogens with zero attached hydrogens (tertiary/aromatic N) is 2. The molecule has 1 unspecified atom stereocenters. The van der Waals surface area contributed by atoms with Gasteiger partial charge in [-0.25, -0.2) is 13.8 Å². The lowest BCUT2D eigenvalue weighted by atomic mass is 10.1. The third-order valence-electron chi connectivity index (χ3n) is 3.39. The first-order chi connectivity index (χ1) is 12.1. The number of aromatic nitrogens is 1. The number of aliphatic imine (C=N–C) groups is 1. The highest BCUT2D eigenvalue weighted by atomic mass is 19.1. The molecule has 25 heavy (non-hydrogen) atoms. The van der Waals surface area contributed by atoms with E-state index < -0.39 is 11.6 Å². The molecule has 1 atom stereocenters. The normalized spacial score (nSPS) is 12.6. The third kappa shape index (κ3) is 6.02. The molecule has 0 amide bonds. The largest absolute Gasteiger partial charge is 0.490 e. The van der Waals surface area contributed by atoms with Gasteiger partial charge in [0.25, 0.3) is 0 Å². The Morgan fingerprint density at radius 2 is 2.16 bits per heavy atom. The summed E-state index contributed by atoms with van der Waals surface area (Å²) in [5.41, 5.74) is 0.374. The quantitative estimate of drug-likeness (QED) is 0.459. The summed E-state index contributed by atoms with van der Waals surface area (Å²) in [6.07, 6.45) is 3.31. The predicted molar refractivity (Wildman–Crippen MR) is 93.6 cm³/mol. The lowest BCUT2D eigenvalue weighted by molar-refractivity contribution is 0.327. The summed E-state index contributed by atoms with van der Waals surface area (Å²) in [4.78, 5) is 8.36. The van der Waals surface area contributed by atoms with E-state index >= 15 is 0 Å². The van der Waals surface area contributed by atoms with Gasteiger partial charge in [0.05, 0.1) is 18.8 Å². The highest BCUT2D eigenvalue weighted by molar-refractivity contribution is 5.80. The van der Waals surface area contributed by atoms with E-state index in [0.717, 1.165) is 6.07 Å². The van der Waals surface area contributed by atoms with Gasteiger partial charge in [-0.15, -0.1) is 0 Å². The third-order valence-corrected chi connectivity index (χ3v) is 3.39. The molecule has 0 saturated heterocycles. The van der Waals surface area contributed by atoms with Crippen molar-refractivity contribution >= 4 is 5.96 Å². The van der Waals surface area contributed by atoms with Crippen molar-refractivity contribution in [2.45, 2.75) is 19.9 Å². The first-order valence-corrected chi connectivity index (χ1v) is 8.12. The van der Waals surface area contributed by atoms with Crippen LogP contribution in [0.4, 0.5) is 8.78 Å². The van der Waals surface area contributed by atoms with E-state index in [1.54, 1.807) is 25.4 Å². The maximum absolute atomic E-state index is 13.9. The molecule has 0 aliphatic carbocycles. The summed E-state index contributed by atoms with van der Waals surface area (Å²) < 4.78 is 32.4. The lowest BCUT2D eigenvalue weighted by Crippen LogP contribution is -2.39. The summed E-state index contributed by atoms with van der Waals surface area (Å²) in [5.74, 6) is 0.0308. The van der Waals surface area contributed by atoms with Gasteiger partial charge in [0.15, 0.2) is 5.96 Å². The van der Waals surface area contributed by atoms with Crippen molar-refractivity contribution in [2.75, 3.05) is 19.7 Å². The predicted octanol–water partition coefficient (Wildman–Crippen LogP) is 3.05. The van der Waals surface area contributed by atoms with E-state index in [1.807, 2.05) is 13.0 Å². The van der Waals surface area contributed by atoms with Crippen LogP contribution in [-0.4, -0.2) is 30.6 Å². The molecule has 0 radical (unpaired) electrons. The van der Waals surface area contributed by atoms with Gasteiger partial charge in [0.2, 0.25) is 0 Å². The molecule has 0 fully saturated rings. The molecular formula is C18H22F2N4O. The van der Waals surface area contributed by atoms with Gasteiger partial charge in [-0.3, -0.25) is 4.98 Å². The van der Waals surface area contributed by atoms with Crippen LogP contribution in [0.25, 0.3) is 0 Å². The highest BCUT2D eigenvalue weighted by Gasteiger charge is 2.13. The van der Waals surface area contributed by atoms with Crippen LogP contribution < -0.4 is 15.4 Å². The Morgan fingerprint density at radius 1 is 1.32 bits per heavy atom. The van der Waals surface area contributed by atoms with E-state index in [4.69, 9.17) is 4.74 Å². The molecule has 2 N–H and O–H groups in total. The Labute approximate surface area is 146 Å². The molecule has 1 aromatic carbocycles. The molecule has 1 heterocycles. The number of benzene rings is 1. The van der Waals surface area contributed by atoms with Gasteiger partial charge in [-0.1, -0.05) is 6.07 Å². The van der Waals surface area contributed by atoms with Gasteiger partial charge in [0, 0.05) is 24.4 Å². The van der Waals surface area contributed by atoms with E-state index in [9.17, 15) is 8.78 Å². The van der Waals surface area contributed by atoms with Crippen LogP contribution in [0.3, 0.4) is 0 Å². The minimum Gasteiger partial charge on any atom is -0.490 e. The zero-order chi connectivity index (χ0) is 18.1. The number of ether oxygens (including phenoxy) is 1. The first kappa shape index (κ1) is 18.6. The zero-order valence-corrected chi connectivity index (χ0v) is 14.3. The fourth-order valence-corrected chi connectivity index (χ4v) is 2.21. The van der Waals surface area contributed by atoms with Crippen molar-refractivity contribution < 1.29 is 13.5 Å². The summed E-state index contributed by atoms with van der Waals surface area (Å²) in [6.45, 7) is 5.19. The SMILES string of the molecule is CCNC(=NCCOc1cccnc1)NC(C)c1ccc(F)cc1F. The van der Waals surface area contributed by atoms with Gasteiger partial charge in [-0.05, 0) is 32.0 Å². The molecule has 134 valence electrons. The van der Waals surface area contributed by atoms with Crippen LogP contribution in [0.15, 0.2) is 47.7 Å². The Hall–Kier alpha value is -2.70. The Kier molecular flexibility index (Phi) is 7.13. The van der Waals surface area contributed by atoms with Gasteiger partial charge >= 0.3 is 0 Å². The van der Waals surface area contributed by atoms with Crippen LogP contribution in [0.2, 0.25) is 0 Å². The van der Waals surface area contributed by atoms with E-state index in [2.05, 4.69) is 20.6 Å². The Morgan fingerprint density at radius 3 is 2.84 bits per heavy atom. The number of hydrogen-bond acceptors (Lipinski definition) is 3. The maximum atomic E-state index is 13.9. The monoisotopic (exact) mass is 348 g/mol. The molecule has 7 heteroatoms. The number of hydrogen-bond donors (Lipinski definition) is 2. The number of pyridine rings is 1. The number of halogens is 2. The average molecular weight is 348 g/mol. The van der Waals surface area contributed by atoms with Gasteiger partial charge < -0.3 is 15.4 Å². The molecule has 2 aromatic rings. The van der Waals surface area contributed by atoms with Gasteiger partial charge in [-0.2, -0.15) is 0 Å². The molecule has 1 aromatic heterocycles. The van der Waals surface area contributed by atoms with E-state index in [-0.39, 0.29) is 6.04 Å². The van der Waals surface area contributed by atoms with Crippen molar-refractivity contribution in [1.82, 2.24) is 15.6 Å². The van der Waals surface area contributed by atoms with E-state index in [1.165, 1.54) is 12.1 Å². The average Bonchev–Trinajstić information content (AvgIpc) is 2.59. The van der Waals surface area contributed by atoms with Crippen molar-refractivity contribution in [2.24, 2.45) is 4.99 Å². The van der Waals surface area contributed by atoms with Crippen molar-refractivity contribution in [3.63, 3.8) is 0 Å². The summed E-state index contributed by atoms with van der Waals surface area (Å²) in [7, 11) is 0. The summed E-state index contributed by atoms with van der Waals surface area (Å²) in [6, 6.07) is 6.79. The molecule has 0 aliphatic rings. The molecule has 0 bridgehead atoms. The maximum Gasteiger partial charge on any atom is 0.191 e. The molecular weight excluding hydrogens is 326 g/mol. The Bertz CT molecular complexity index is 695. The zero-order valence-electron chi connectivity index (χ0n) is 14.3. The fraction of sp³-hybridized carbons (Fsp3) is 0.333. The minimum atomic E-state index is -0.596. The Balaban J connectivity index is 1.92. The second kappa shape index (κ2) is 9.56. The minimum absolute atomic E-state index is 0.363. The lowest BCUT2D eigenvalue weighted by Gasteiger charge is -2.18. The topological polar surface area (TPSA) is 58.5 Å². The number of guanidine groups is 1. The van der Waals surface area contributed by atoms with Crippen molar-refractivity contribution in [3.05, 3.63) is 59.9 Å². The second-order valence-corrected chi connectivity index (χ2v) is 5.33. The molecule has 0 aliphatic heterocycles. The first-order valence-electron chi connectivity index (χ1n) is 8.12.